The second-order valence-electron chi connectivity index (χ2n) is 12.7. The molecule has 224 valence electrons. The molecule has 3 atom stereocenters. The molecule has 40 heavy (non-hydrogen) atoms. The van der Waals surface area contributed by atoms with Crippen molar-refractivity contribution < 1.29 is 33.1 Å². The second-order valence-corrected chi connectivity index (χ2v) is 12.7. The summed E-state index contributed by atoms with van der Waals surface area (Å²) >= 11 is 0. The lowest BCUT2D eigenvalue weighted by molar-refractivity contribution is -0.130. The Balaban J connectivity index is 1.45. The minimum atomic E-state index is -0.710. The van der Waals surface area contributed by atoms with Crippen molar-refractivity contribution in [3.05, 3.63) is 11.8 Å². The van der Waals surface area contributed by atoms with E-state index in [0.717, 1.165) is 19.3 Å². The summed E-state index contributed by atoms with van der Waals surface area (Å²) in [4.78, 5) is 49.6. The number of rotatable bonds is 8. The first kappa shape index (κ1) is 29.9. The first-order valence-electron chi connectivity index (χ1n) is 14.3. The number of hydroxylamine groups is 2. The van der Waals surface area contributed by atoms with Crippen molar-refractivity contribution in [2.75, 3.05) is 26.2 Å². The highest BCUT2D eigenvalue weighted by atomic mass is 16.7. The van der Waals surface area contributed by atoms with Crippen molar-refractivity contribution in [2.45, 2.75) is 116 Å². The molecule has 3 aliphatic rings. The number of urea groups is 1. The molecule has 3 aliphatic heterocycles. The molecule has 3 fully saturated rings. The summed E-state index contributed by atoms with van der Waals surface area (Å²) in [5, 5.41) is 9.97. The first-order valence-corrected chi connectivity index (χ1v) is 14.3. The lowest BCUT2D eigenvalue weighted by Crippen LogP contribution is -2.45. The quantitative estimate of drug-likeness (QED) is 0.419. The van der Waals surface area contributed by atoms with Crippen LogP contribution >= 0.6 is 0 Å². The maximum absolute atomic E-state index is 13.3. The number of aromatic nitrogens is 2. The van der Waals surface area contributed by atoms with Gasteiger partial charge in [0.25, 0.3) is 0 Å². The summed E-state index contributed by atoms with van der Waals surface area (Å²) in [6, 6.07) is -0.844. The normalized spacial score (nSPS) is 23.1. The first-order chi connectivity index (χ1) is 18.8. The molecule has 4 heterocycles. The Hall–Kier alpha value is -3.09. The SMILES string of the molecule is CCCCON1C(=O)N2C[C@@H]1CC[C@H]2c1nnc(CN(C(=O)OC(C)(C)C)[C@@H]2CCN(C(=O)OC(C)(C)C)C2)o1. The molecule has 1 aromatic heterocycles. The predicted molar refractivity (Wildman–Crippen MR) is 143 cm³/mol. The van der Waals surface area contributed by atoms with Crippen LogP contribution in [0.5, 0.6) is 0 Å². The number of likely N-dealkylation sites (tertiary alicyclic amines) is 1. The van der Waals surface area contributed by atoms with Gasteiger partial charge < -0.3 is 23.7 Å². The molecule has 0 aliphatic carbocycles. The highest BCUT2D eigenvalue weighted by Gasteiger charge is 2.48. The average molecular weight is 565 g/mol. The zero-order chi connectivity index (χ0) is 29.2. The van der Waals surface area contributed by atoms with Gasteiger partial charge in [0.2, 0.25) is 11.8 Å². The summed E-state index contributed by atoms with van der Waals surface area (Å²) in [5.74, 6) is 0.574. The van der Waals surface area contributed by atoms with Crippen LogP contribution < -0.4 is 0 Å². The van der Waals surface area contributed by atoms with E-state index in [1.165, 1.54) is 9.96 Å². The van der Waals surface area contributed by atoms with Gasteiger partial charge in [-0.25, -0.2) is 14.4 Å². The van der Waals surface area contributed by atoms with Crippen molar-refractivity contribution >= 4 is 18.2 Å². The van der Waals surface area contributed by atoms with Gasteiger partial charge in [-0.3, -0.25) is 9.74 Å². The van der Waals surface area contributed by atoms with Gasteiger partial charge in [-0.15, -0.1) is 10.2 Å². The van der Waals surface area contributed by atoms with Gasteiger partial charge in [-0.05, 0) is 67.2 Å². The van der Waals surface area contributed by atoms with Gasteiger partial charge in [0.15, 0.2) is 0 Å². The number of piperidine rings is 1. The molecular weight excluding hydrogens is 520 g/mol. The van der Waals surface area contributed by atoms with E-state index in [1.54, 1.807) is 30.6 Å². The van der Waals surface area contributed by atoms with Crippen LogP contribution in [0.2, 0.25) is 0 Å². The largest absolute Gasteiger partial charge is 0.444 e. The van der Waals surface area contributed by atoms with Crippen LogP contribution in [0, 0.1) is 0 Å². The predicted octanol–water partition coefficient (Wildman–Crippen LogP) is 4.49. The molecule has 13 nitrogen and oxygen atoms in total. The number of carbonyl (C=O) groups is 3. The smallest absolute Gasteiger partial charge is 0.411 e. The number of nitrogens with zero attached hydrogens (tertiary/aromatic N) is 6. The second kappa shape index (κ2) is 11.8. The maximum Gasteiger partial charge on any atom is 0.411 e. The number of fused-ring (bicyclic) bond motifs is 2. The topological polar surface area (TPSA) is 131 Å². The number of carbonyl (C=O) groups excluding carboxylic acids is 3. The summed E-state index contributed by atoms with van der Waals surface area (Å²) in [6.45, 7) is 14.7. The molecule has 0 spiro atoms. The molecule has 4 rings (SSSR count). The van der Waals surface area contributed by atoms with Crippen molar-refractivity contribution in [3.63, 3.8) is 0 Å². The van der Waals surface area contributed by atoms with E-state index in [4.69, 9.17) is 18.7 Å². The monoisotopic (exact) mass is 564 g/mol. The van der Waals surface area contributed by atoms with Gasteiger partial charge in [-0.2, -0.15) is 5.06 Å². The number of unbranched alkanes of at least 4 members (excludes halogenated alkanes) is 1. The minimum Gasteiger partial charge on any atom is -0.444 e. The Morgan fingerprint density at radius 3 is 2.42 bits per heavy atom. The lowest BCUT2D eigenvalue weighted by atomic mass is 10.0. The summed E-state index contributed by atoms with van der Waals surface area (Å²) in [6.07, 6.45) is 2.93. The van der Waals surface area contributed by atoms with E-state index in [9.17, 15) is 14.4 Å². The highest BCUT2D eigenvalue weighted by molar-refractivity contribution is 5.77. The molecule has 4 amide bonds. The third-order valence-electron chi connectivity index (χ3n) is 7.01. The molecule has 1 aromatic rings. The van der Waals surface area contributed by atoms with E-state index >= 15 is 0 Å². The minimum absolute atomic E-state index is 0.0148. The molecule has 0 unspecified atom stereocenters. The Labute approximate surface area is 236 Å². The van der Waals surface area contributed by atoms with Crippen molar-refractivity contribution in [1.29, 1.82) is 0 Å². The molecule has 3 saturated heterocycles. The molecule has 13 heteroatoms. The fraction of sp³-hybridized carbons (Fsp3) is 0.815. The van der Waals surface area contributed by atoms with Crippen LogP contribution in [0.15, 0.2) is 4.42 Å². The maximum atomic E-state index is 13.3. The van der Waals surface area contributed by atoms with Crippen LogP contribution in [-0.4, -0.2) is 97.7 Å². The summed E-state index contributed by atoms with van der Waals surface area (Å²) < 4.78 is 17.2. The summed E-state index contributed by atoms with van der Waals surface area (Å²) in [7, 11) is 0. The van der Waals surface area contributed by atoms with Crippen LogP contribution in [-0.2, 0) is 20.9 Å². The van der Waals surface area contributed by atoms with Crippen molar-refractivity contribution in [2.24, 2.45) is 0 Å². The van der Waals surface area contributed by atoms with Gasteiger partial charge >= 0.3 is 18.2 Å². The standard InChI is InChI=1S/C27H44N6O7/c1-8-9-14-37-33-19-10-11-20(32(16-19)23(33)34)22-29-28-21(38-22)17-31(25(36)40-27(5,6)7)18-12-13-30(15-18)24(35)39-26(2,3)4/h18-20H,8-17H2,1-7H3/t18-,19+,20+/m1/s1. The van der Waals surface area contributed by atoms with Crippen molar-refractivity contribution in [1.82, 2.24) is 30.0 Å². The fourth-order valence-corrected chi connectivity index (χ4v) is 5.12. The van der Waals surface area contributed by atoms with E-state index in [0.29, 0.717) is 45.0 Å². The third kappa shape index (κ3) is 7.15. The van der Waals surface area contributed by atoms with Gasteiger partial charge in [-0.1, -0.05) is 13.3 Å². The van der Waals surface area contributed by atoms with Gasteiger partial charge in [0.1, 0.15) is 23.8 Å². The van der Waals surface area contributed by atoms with Crippen molar-refractivity contribution in [3.8, 4) is 0 Å². The Morgan fingerprint density at radius 2 is 1.75 bits per heavy atom. The van der Waals surface area contributed by atoms with Crippen LogP contribution in [0.4, 0.5) is 14.4 Å². The van der Waals surface area contributed by atoms with Crippen LogP contribution in [0.3, 0.4) is 0 Å². The number of amides is 4. The van der Waals surface area contributed by atoms with E-state index in [-0.39, 0.29) is 36.6 Å². The highest BCUT2D eigenvalue weighted by Crippen LogP contribution is 2.38. The molecular formula is C27H44N6O7. The van der Waals surface area contributed by atoms with E-state index in [1.807, 2.05) is 20.8 Å². The Morgan fingerprint density at radius 1 is 1.02 bits per heavy atom. The van der Waals surface area contributed by atoms with Gasteiger partial charge in [0, 0.05) is 19.6 Å². The molecule has 2 bridgehead atoms. The molecule has 0 radical (unpaired) electrons. The molecule has 0 saturated carbocycles. The van der Waals surface area contributed by atoms with Crippen LogP contribution in [0.1, 0.15) is 98.4 Å². The fourth-order valence-electron chi connectivity index (χ4n) is 5.12. The van der Waals surface area contributed by atoms with Gasteiger partial charge in [0.05, 0.1) is 18.7 Å². The zero-order valence-electron chi connectivity index (χ0n) is 24.8. The number of ether oxygens (including phenoxy) is 2. The lowest BCUT2D eigenvalue weighted by Gasteiger charge is -2.31. The number of hydrogen-bond acceptors (Lipinski definition) is 9. The van der Waals surface area contributed by atoms with E-state index in [2.05, 4.69) is 17.1 Å². The molecule has 0 N–H and O–H groups in total. The van der Waals surface area contributed by atoms with Crippen LogP contribution in [0.25, 0.3) is 0 Å². The van der Waals surface area contributed by atoms with E-state index < -0.39 is 23.4 Å². The average Bonchev–Trinajstić information content (AvgIpc) is 3.57. The Kier molecular flexibility index (Phi) is 8.81. The third-order valence-corrected chi connectivity index (χ3v) is 7.01. The molecule has 0 aromatic carbocycles. The Bertz CT molecular complexity index is 1060. The summed E-state index contributed by atoms with van der Waals surface area (Å²) in [5.41, 5.74) is -1.33. The number of hydrogen-bond donors (Lipinski definition) is 0. The zero-order valence-corrected chi connectivity index (χ0v) is 24.8.